The van der Waals surface area contributed by atoms with Gasteiger partial charge in [0.15, 0.2) is 0 Å². The van der Waals surface area contributed by atoms with Crippen molar-refractivity contribution < 1.29 is 9.18 Å². The Morgan fingerprint density at radius 2 is 1.72 bits per heavy atom. The fraction of sp³-hybridized carbons (Fsp3) is 0.350. The fourth-order valence-electron chi connectivity index (χ4n) is 3.00. The number of hydrogen-bond acceptors (Lipinski definition) is 3. The van der Waals surface area contributed by atoms with Gasteiger partial charge in [-0.15, -0.1) is 0 Å². The van der Waals surface area contributed by atoms with Gasteiger partial charge in [0.2, 0.25) is 0 Å². The van der Waals surface area contributed by atoms with Crippen molar-refractivity contribution in [3.8, 4) is 0 Å². The van der Waals surface area contributed by atoms with Gasteiger partial charge in [0.1, 0.15) is 5.82 Å². The number of rotatable bonds is 5. The summed E-state index contributed by atoms with van der Waals surface area (Å²) >= 11 is 0. The molecule has 1 amide bonds. The summed E-state index contributed by atoms with van der Waals surface area (Å²) in [5.74, 6) is -0.858. The van der Waals surface area contributed by atoms with Crippen LogP contribution in [0.15, 0.2) is 48.5 Å². The molecule has 2 aromatic carbocycles. The third kappa shape index (κ3) is 4.57. The number of hydrogen-bond donors (Lipinski definition) is 1. The van der Waals surface area contributed by atoms with Gasteiger partial charge < -0.3 is 15.1 Å². The summed E-state index contributed by atoms with van der Waals surface area (Å²) in [6.45, 7) is 4.76. The lowest BCUT2D eigenvalue weighted by atomic mass is 10.1. The molecule has 0 atom stereocenters. The second-order valence-electron chi connectivity index (χ2n) is 6.44. The minimum atomic E-state index is -0.489. The van der Waals surface area contributed by atoms with Crippen LogP contribution < -0.4 is 10.2 Å². The molecule has 1 aliphatic heterocycles. The molecule has 1 heterocycles. The summed E-state index contributed by atoms with van der Waals surface area (Å²) in [7, 11) is 2.15. The van der Waals surface area contributed by atoms with Crippen LogP contribution in [0.2, 0.25) is 0 Å². The molecule has 4 nitrogen and oxygen atoms in total. The minimum Gasteiger partial charge on any atom is -0.369 e. The van der Waals surface area contributed by atoms with Crippen LogP contribution in [0.5, 0.6) is 0 Å². The second kappa shape index (κ2) is 8.12. The quantitative estimate of drug-likeness (QED) is 0.908. The Morgan fingerprint density at radius 3 is 2.40 bits per heavy atom. The molecule has 1 N–H and O–H groups in total. The van der Waals surface area contributed by atoms with Gasteiger partial charge in [-0.1, -0.05) is 24.3 Å². The van der Waals surface area contributed by atoms with Crippen LogP contribution in [0.4, 0.5) is 10.1 Å². The first-order chi connectivity index (χ1) is 12.1. The van der Waals surface area contributed by atoms with Crippen molar-refractivity contribution in [1.29, 1.82) is 0 Å². The van der Waals surface area contributed by atoms with Crippen molar-refractivity contribution in [3.05, 3.63) is 65.5 Å². The van der Waals surface area contributed by atoms with Crippen LogP contribution in [0.25, 0.3) is 0 Å². The monoisotopic (exact) mass is 341 g/mol. The van der Waals surface area contributed by atoms with Crippen LogP contribution in [-0.4, -0.2) is 50.6 Å². The van der Waals surface area contributed by atoms with Gasteiger partial charge >= 0.3 is 0 Å². The average molecular weight is 341 g/mol. The molecule has 0 radical (unpaired) electrons. The average Bonchev–Trinajstić information content (AvgIpc) is 2.63. The summed E-state index contributed by atoms with van der Waals surface area (Å²) in [6, 6.07) is 14.5. The Morgan fingerprint density at radius 1 is 1.04 bits per heavy atom. The predicted molar refractivity (Wildman–Crippen MR) is 98.6 cm³/mol. The van der Waals surface area contributed by atoms with Crippen molar-refractivity contribution in [2.24, 2.45) is 0 Å². The lowest BCUT2D eigenvalue weighted by Gasteiger charge is -2.34. The van der Waals surface area contributed by atoms with Gasteiger partial charge in [-0.2, -0.15) is 0 Å². The largest absolute Gasteiger partial charge is 0.369 e. The van der Waals surface area contributed by atoms with Gasteiger partial charge in [0.05, 0.1) is 5.56 Å². The zero-order valence-electron chi connectivity index (χ0n) is 14.5. The molecule has 0 aromatic heterocycles. The van der Waals surface area contributed by atoms with E-state index in [1.807, 2.05) is 0 Å². The van der Waals surface area contributed by atoms with Crippen LogP contribution in [0.3, 0.4) is 0 Å². The smallest absolute Gasteiger partial charge is 0.254 e. The van der Waals surface area contributed by atoms with Gasteiger partial charge in [0, 0.05) is 38.4 Å². The molecule has 0 aliphatic carbocycles. The Labute approximate surface area is 148 Å². The number of anilines is 1. The fourth-order valence-corrected chi connectivity index (χ4v) is 3.00. The summed E-state index contributed by atoms with van der Waals surface area (Å²) in [5.41, 5.74) is 2.49. The third-order valence-electron chi connectivity index (χ3n) is 4.62. The van der Waals surface area contributed by atoms with E-state index in [1.54, 1.807) is 12.1 Å². The number of nitrogens with one attached hydrogen (secondary N) is 1. The Kier molecular flexibility index (Phi) is 5.66. The maximum absolute atomic E-state index is 13.6. The second-order valence-corrected chi connectivity index (χ2v) is 6.44. The van der Waals surface area contributed by atoms with Gasteiger partial charge in [-0.25, -0.2) is 4.39 Å². The topological polar surface area (TPSA) is 35.6 Å². The Balaban J connectivity index is 1.49. The highest BCUT2D eigenvalue weighted by Gasteiger charge is 2.14. The van der Waals surface area contributed by atoms with E-state index in [4.69, 9.17) is 0 Å². The first-order valence-electron chi connectivity index (χ1n) is 8.68. The lowest BCUT2D eigenvalue weighted by Crippen LogP contribution is -2.44. The van der Waals surface area contributed by atoms with E-state index in [0.717, 1.165) is 38.2 Å². The predicted octanol–water partition coefficient (Wildman–Crippen LogP) is 2.55. The number of nitrogens with zero attached hydrogens (tertiary/aromatic N) is 2. The van der Waals surface area contributed by atoms with Crippen LogP contribution in [0.1, 0.15) is 15.9 Å². The molecular formula is C20H24FN3O. The van der Waals surface area contributed by atoms with Crippen molar-refractivity contribution in [2.45, 2.75) is 6.42 Å². The minimum absolute atomic E-state index is 0.0907. The van der Waals surface area contributed by atoms with E-state index in [2.05, 4.69) is 46.4 Å². The Hall–Kier alpha value is -2.40. The maximum Gasteiger partial charge on any atom is 0.254 e. The highest BCUT2D eigenvalue weighted by Crippen LogP contribution is 2.17. The molecule has 132 valence electrons. The number of benzene rings is 2. The number of amides is 1. The highest BCUT2D eigenvalue weighted by atomic mass is 19.1. The van der Waals surface area contributed by atoms with E-state index >= 15 is 0 Å². The summed E-state index contributed by atoms with van der Waals surface area (Å²) in [4.78, 5) is 16.7. The number of carbonyl (C=O) groups is 1. The zero-order valence-corrected chi connectivity index (χ0v) is 14.5. The molecule has 0 spiro atoms. The molecule has 0 saturated carbocycles. The molecule has 3 rings (SSSR count). The van der Waals surface area contributed by atoms with Crippen molar-refractivity contribution in [2.75, 3.05) is 44.7 Å². The SMILES string of the molecule is CN1CCN(c2ccc(CCNC(=O)c3ccccc3F)cc2)CC1. The first-order valence-corrected chi connectivity index (χ1v) is 8.68. The van der Waals surface area contributed by atoms with E-state index in [-0.39, 0.29) is 11.5 Å². The molecule has 25 heavy (non-hydrogen) atoms. The summed E-state index contributed by atoms with van der Waals surface area (Å²) in [5, 5.41) is 2.78. The van der Waals surface area contributed by atoms with Crippen LogP contribution in [-0.2, 0) is 6.42 Å². The van der Waals surface area contributed by atoms with Crippen LogP contribution in [0, 0.1) is 5.82 Å². The standard InChI is InChI=1S/C20H24FN3O/c1-23-12-14-24(15-13-23)17-8-6-16(7-9-17)10-11-22-20(25)18-4-2-3-5-19(18)21/h2-9H,10-15H2,1H3,(H,22,25). The van der Waals surface area contributed by atoms with Gasteiger partial charge in [-0.3, -0.25) is 4.79 Å². The number of likely N-dealkylation sites (N-methyl/N-ethyl adjacent to an activating group) is 1. The molecule has 1 saturated heterocycles. The van der Waals surface area contributed by atoms with E-state index in [9.17, 15) is 9.18 Å². The highest BCUT2D eigenvalue weighted by molar-refractivity contribution is 5.94. The molecule has 0 unspecified atom stereocenters. The molecule has 1 fully saturated rings. The van der Waals surface area contributed by atoms with Crippen molar-refractivity contribution in [3.63, 3.8) is 0 Å². The van der Waals surface area contributed by atoms with E-state index in [1.165, 1.54) is 17.8 Å². The van der Waals surface area contributed by atoms with Gasteiger partial charge in [0.25, 0.3) is 5.91 Å². The first kappa shape index (κ1) is 17.4. The van der Waals surface area contributed by atoms with E-state index < -0.39 is 5.82 Å². The normalized spacial score (nSPS) is 15.2. The number of halogens is 1. The van der Waals surface area contributed by atoms with Crippen molar-refractivity contribution >= 4 is 11.6 Å². The maximum atomic E-state index is 13.6. The van der Waals surface area contributed by atoms with E-state index in [0.29, 0.717) is 6.54 Å². The summed E-state index contributed by atoms with van der Waals surface area (Å²) < 4.78 is 13.6. The lowest BCUT2D eigenvalue weighted by molar-refractivity contribution is 0.0950. The molecule has 2 aromatic rings. The van der Waals surface area contributed by atoms with Crippen molar-refractivity contribution in [1.82, 2.24) is 10.2 Å². The third-order valence-corrected chi connectivity index (χ3v) is 4.62. The number of carbonyl (C=O) groups excluding carboxylic acids is 1. The molecule has 1 aliphatic rings. The molecular weight excluding hydrogens is 317 g/mol. The zero-order chi connectivity index (χ0) is 17.6. The van der Waals surface area contributed by atoms with Crippen LogP contribution >= 0.6 is 0 Å². The number of piperazine rings is 1. The molecule has 0 bridgehead atoms. The van der Waals surface area contributed by atoms with Gasteiger partial charge in [-0.05, 0) is 43.3 Å². The Bertz CT molecular complexity index is 709. The molecule has 5 heteroatoms. The summed E-state index contributed by atoms with van der Waals surface area (Å²) in [6.07, 6.45) is 0.725.